The Labute approximate surface area is 215 Å². The predicted molar refractivity (Wildman–Crippen MR) is 141 cm³/mol. The first-order valence-electron chi connectivity index (χ1n) is 11.9. The van der Waals surface area contributed by atoms with Crippen LogP contribution in [0.3, 0.4) is 0 Å². The number of nitrogens with zero attached hydrogens (tertiary/aromatic N) is 2. The molecule has 190 valence electrons. The summed E-state index contributed by atoms with van der Waals surface area (Å²) in [5, 5.41) is 9.69. The lowest BCUT2D eigenvalue weighted by Gasteiger charge is -2.45. The summed E-state index contributed by atoms with van der Waals surface area (Å²) in [5.41, 5.74) is 7.20. The summed E-state index contributed by atoms with van der Waals surface area (Å²) in [6, 6.07) is 21.9. The second-order valence-corrected chi connectivity index (χ2v) is 9.16. The van der Waals surface area contributed by atoms with E-state index in [0.717, 1.165) is 5.56 Å². The van der Waals surface area contributed by atoms with Crippen LogP contribution in [0.4, 0.5) is 5.69 Å². The van der Waals surface area contributed by atoms with Gasteiger partial charge in [0.2, 0.25) is 5.91 Å². The number of rotatable bonds is 8. The number of carboxylic acids is 1. The lowest BCUT2D eigenvalue weighted by Crippen LogP contribution is -2.62. The summed E-state index contributed by atoms with van der Waals surface area (Å²) in [5.74, 6) is -2.46. The minimum absolute atomic E-state index is 0.423. The third-order valence-electron chi connectivity index (χ3n) is 6.70. The van der Waals surface area contributed by atoms with E-state index in [-0.39, 0.29) is 0 Å². The van der Waals surface area contributed by atoms with E-state index in [9.17, 15) is 19.5 Å². The highest BCUT2D eigenvalue weighted by molar-refractivity contribution is 6.21. The maximum atomic E-state index is 14.3. The molecule has 8 nitrogen and oxygen atoms in total. The number of hydrogen-bond donors (Lipinski definition) is 2. The number of methoxy groups -OCH3 is 1. The number of para-hydroxylation sites is 1. The zero-order valence-corrected chi connectivity index (χ0v) is 20.9. The van der Waals surface area contributed by atoms with Crippen LogP contribution >= 0.6 is 0 Å². The Morgan fingerprint density at radius 1 is 1.03 bits per heavy atom. The Morgan fingerprint density at radius 3 is 2.22 bits per heavy atom. The lowest BCUT2D eigenvalue weighted by atomic mass is 9.76. The molecule has 3 aromatic carbocycles. The molecule has 2 atom stereocenters. The number of carboxylic acid groups (broad SMARTS) is 1. The molecule has 0 saturated carbocycles. The smallest absolute Gasteiger partial charge is 0.306 e. The monoisotopic (exact) mass is 499 g/mol. The fourth-order valence-electron chi connectivity index (χ4n) is 5.01. The SMILES string of the molecule is COc1ccc(C(C(N)=O)(C(C)C)N2C(=O)C(CC(=O)O)N=C(c3ccccc3)c3ccccc32)cc1. The molecular weight excluding hydrogens is 470 g/mol. The molecule has 2 unspecified atom stereocenters. The number of aliphatic imine (C=N–C) groups is 1. The van der Waals surface area contributed by atoms with E-state index < -0.39 is 41.7 Å². The molecule has 0 radical (unpaired) electrons. The van der Waals surface area contributed by atoms with Crippen LogP contribution in [0.25, 0.3) is 0 Å². The van der Waals surface area contributed by atoms with Crippen LogP contribution in [0.1, 0.15) is 37.0 Å². The van der Waals surface area contributed by atoms with Gasteiger partial charge in [0.1, 0.15) is 11.8 Å². The summed E-state index contributed by atoms with van der Waals surface area (Å²) in [7, 11) is 1.53. The van der Waals surface area contributed by atoms with Crippen molar-refractivity contribution in [2.24, 2.45) is 16.6 Å². The van der Waals surface area contributed by atoms with E-state index >= 15 is 0 Å². The Morgan fingerprint density at radius 2 is 1.65 bits per heavy atom. The minimum atomic E-state index is -1.64. The van der Waals surface area contributed by atoms with Gasteiger partial charge in [-0.15, -0.1) is 0 Å². The molecule has 8 heteroatoms. The molecule has 0 spiro atoms. The van der Waals surface area contributed by atoms with E-state index in [1.807, 2.05) is 42.5 Å². The van der Waals surface area contributed by atoms with E-state index in [1.165, 1.54) is 12.0 Å². The second-order valence-electron chi connectivity index (χ2n) is 9.16. The van der Waals surface area contributed by atoms with Gasteiger partial charge in [0, 0.05) is 11.1 Å². The quantitative estimate of drug-likeness (QED) is 0.489. The van der Waals surface area contributed by atoms with Crippen molar-refractivity contribution in [1.29, 1.82) is 0 Å². The third kappa shape index (κ3) is 4.46. The van der Waals surface area contributed by atoms with Crippen LogP contribution in [-0.4, -0.2) is 41.8 Å². The van der Waals surface area contributed by atoms with Crippen molar-refractivity contribution in [3.63, 3.8) is 0 Å². The highest BCUT2D eigenvalue weighted by Gasteiger charge is 2.53. The molecule has 4 rings (SSSR count). The number of primary amides is 1. The van der Waals surface area contributed by atoms with Gasteiger partial charge in [-0.1, -0.05) is 74.5 Å². The molecule has 37 heavy (non-hydrogen) atoms. The van der Waals surface area contributed by atoms with E-state index in [4.69, 9.17) is 10.5 Å². The van der Waals surface area contributed by atoms with Gasteiger partial charge >= 0.3 is 5.97 Å². The van der Waals surface area contributed by atoms with E-state index in [1.54, 1.807) is 50.2 Å². The van der Waals surface area contributed by atoms with Crippen molar-refractivity contribution >= 4 is 29.2 Å². The van der Waals surface area contributed by atoms with Gasteiger partial charge in [-0.2, -0.15) is 0 Å². The Bertz CT molecular complexity index is 1350. The van der Waals surface area contributed by atoms with Gasteiger partial charge < -0.3 is 15.6 Å². The van der Waals surface area contributed by atoms with Crippen LogP contribution in [0.15, 0.2) is 83.9 Å². The summed E-state index contributed by atoms with van der Waals surface area (Å²) < 4.78 is 5.29. The normalized spacial score (nSPS) is 16.9. The molecule has 0 aliphatic carbocycles. The average Bonchev–Trinajstić information content (AvgIpc) is 3.00. The summed E-state index contributed by atoms with van der Waals surface area (Å²) >= 11 is 0. The fraction of sp³-hybridized carbons (Fsp3) is 0.241. The molecule has 3 N–H and O–H groups in total. The van der Waals surface area contributed by atoms with Crippen LogP contribution in [0.2, 0.25) is 0 Å². The molecule has 2 amide bonds. The van der Waals surface area contributed by atoms with Gasteiger partial charge in [0.05, 0.1) is 24.9 Å². The van der Waals surface area contributed by atoms with Crippen LogP contribution in [0, 0.1) is 5.92 Å². The van der Waals surface area contributed by atoms with Crippen LogP contribution in [0.5, 0.6) is 5.75 Å². The van der Waals surface area contributed by atoms with Crippen LogP contribution < -0.4 is 15.4 Å². The van der Waals surface area contributed by atoms with Gasteiger partial charge in [0.15, 0.2) is 5.54 Å². The molecule has 1 heterocycles. The summed E-state index contributed by atoms with van der Waals surface area (Å²) in [4.78, 5) is 45.7. The van der Waals surface area contributed by atoms with Crippen molar-refractivity contribution < 1.29 is 24.2 Å². The van der Waals surface area contributed by atoms with Crippen molar-refractivity contribution in [2.45, 2.75) is 31.8 Å². The lowest BCUT2D eigenvalue weighted by molar-refractivity contribution is -0.139. The number of aliphatic carboxylic acids is 1. The maximum Gasteiger partial charge on any atom is 0.306 e. The van der Waals surface area contributed by atoms with Gasteiger partial charge in [-0.3, -0.25) is 24.3 Å². The highest BCUT2D eigenvalue weighted by Crippen LogP contribution is 2.43. The Balaban J connectivity index is 2.07. The molecule has 0 saturated heterocycles. The summed E-state index contributed by atoms with van der Waals surface area (Å²) in [6.07, 6.45) is -0.546. The number of carbonyl (C=O) groups is 3. The maximum absolute atomic E-state index is 14.3. The molecular formula is C29H29N3O5. The summed E-state index contributed by atoms with van der Waals surface area (Å²) in [6.45, 7) is 3.61. The van der Waals surface area contributed by atoms with Gasteiger partial charge in [0.25, 0.3) is 5.91 Å². The van der Waals surface area contributed by atoms with Crippen molar-refractivity contribution in [3.8, 4) is 5.75 Å². The zero-order valence-electron chi connectivity index (χ0n) is 20.9. The molecule has 1 aliphatic heterocycles. The van der Waals surface area contributed by atoms with Crippen molar-refractivity contribution in [2.75, 3.05) is 12.0 Å². The number of benzodiazepines with no additional fused rings is 1. The largest absolute Gasteiger partial charge is 0.497 e. The average molecular weight is 500 g/mol. The topological polar surface area (TPSA) is 122 Å². The minimum Gasteiger partial charge on any atom is -0.497 e. The number of fused-ring (bicyclic) bond motifs is 1. The number of ether oxygens (including phenoxy) is 1. The first-order chi connectivity index (χ1) is 17.7. The highest BCUT2D eigenvalue weighted by atomic mass is 16.5. The molecule has 0 aromatic heterocycles. The number of anilines is 1. The van der Waals surface area contributed by atoms with E-state index in [2.05, 4.69) is 4.99 Å². The third-order valence-corrected chi connectivity index (χ3v) is 6.70. The van der Waals surface area contributed by atoms with Gasteiger partial charge in [-0.05, 0) is 29.7 Å². The number of amides is 2. The molecule has 3 aromatic rings. The van der Waals surface area contributed by atoms with Crippen molar-refractivity contribution in [1.82, 2.24) is 0 Å². The fourth-order valence-corrected chi connectivity index (χ4v) is 5.01. The zero-order chi connectivity index (χ0) is 26.7. The van der Waals surface area contributed by atoms with Crippen LogP contribution in [-0.2, 0) is 19.9 Å². The first kappa shape index (κ1) is 25.6. The van der Waals surface area contributed by atoms with Gasteiger partial charge in [-0.25, -0.2) is 0 Å². The number of carbonyl (C=O) groups excluding carboxylic acids is 2. The molecule has 1 aliphatic rings. The van der Waals surface area contributed by atoms with E-state index in [0.29, 0.717) is 28.3 Å². The molecule has 0 fully saturated rings. The number of nitrogens with two attached hydrogens (primary N) is 1. The van der Waals surface area contributed by atoms with Crippen molar-refractivity contribution in [3.05, 3.63) is 95.6 Å². The number of hydrogen-bond acceptors (Lipinski definition) is 5. The first-order valence-corrected chi connectivity index (χ1v) is 11.9. The number of benzene rings is 3. The Kier molecular flexibility index (Phi) is 7.11. The second kappa shape index (κ2) is 10.3. The predicted octanol–water partition coefficient (Wildman–Crippen LogP) is 3.76. The Hall–Kier alpha value is -4.46. The standard InChI is InChI=1S/C29H29N3O5/c1-18(2)29(28(30)36,20-13-15-21(37-3)16-14-20)32-24-12-8-7-11-22(24)26(19-9-5-4-6-10-19)31-23(27(32)35)17-25(33)34/h4-16,18,23H,17H2,1-3H3,(H2,30,36)(H,33,34). The molecule has 0 bridgehead atoms.